The molecule has 8 nitrogen and oxygen atoms in total. The second-order valence-corrected chi connectivity index (χ2v) is 9.23. The van der Waals surface area contributed by atoms with Crippen molar-refractivity contribution < 1.29 is 23.7 Å². The lowest BCUT2D eigenvalue weighted by Crippen LogP contribution is -2.34. The van der Waals surface area contributed by atoms with Crippen LogP contribution in [0.4, 0.5) is 11.5 Å². The van der Waals surface area contributed by atoms with Crippen LogP contribution in [0.1, 0.15) is 0 Å². The largest absolute Gasteiger partial charge is 0.493 e. The molecule has 33 heavy (non-hydrogen) atoms. The van der Waals surface area contributed by atoms with E-state index in [1.807, 2.05) is 30.3 Å². The third-order valence-electron chi connectivity index (χ3n) is 5.87. The van der Waals surface area contributed by atoms with Gasteiger partial charge in [0.15, 0.2) is 17.6 Å². The van der Waals surface area contributed by atoms with Gasteiger partial charge in [-0.05, 0) is 40.2 Å². The van der Waals surface area contributed by atoms with E-state index >= 15 is 0 Å². The molecule has 10 heteroatoms. The Balaban J connectivity index is 1.41. The molecule has 4 atom stereocenters. The normalized spacial score (nSPS) is 24.1. The van der Waals surface area contributed by atoms with Gasteiger partial charge < -0.3 is 29.0 Å². The number of hydrogen-bond acceptors (Lipinski definition) is 8. The standard InChI is InChI=1S/C23H23BrClN3O5/c1-29-8-12-9-31-22-20(10-32-21(12)22)33-19-7-17-14(6-18(19)30-2)23(27-11-26-17)28-13-3-4-15(24)16(25)5-13/h3-7,11-12,20-22H,8-10H2,1-2H3,(H,26,27,28)/t12?,20-,21+,22?/m1/s1. The first-order valence-corrected chi connectivity index (χ1v) is 11.7. The van der Waals surface area contributed by atoms with E-state index in [-0.39, 0.29) is 24.2 Å². The number of fused-ring (bicyclic) bond motifs is 2. The van der Waals surface area contributed by atoms with E-state index in [4.69, 9.17) is 35.3 Å². The lowest BCUT2D eigenvalue weighted by Gasteiger charge is -2.20. The smallest absolute Gasteiger partial charge is 0.164 e. The lowest BCUT2D eigenvalue weighted by molar-refractivity contribution is 0.0229. The highest BCUT2D eigenvalue weighted by atomic mass is 79.9. The van der Waals surface area contributed by atoms with E-state index in [0.717, 1.165) is 15.5 Å². The maximum Gasteiger partial charge on any atom is 0.164 e. The zero-order valence-corrected chi connectivity index (χ0v) is 20.4. The van der Waals surface area contributed by atoms with E-state index < -0.39 is 0 Å². The molecule has 0 spiro atoms. The maximum atomic E-state index is 6.31. The summed E-state index contributed by atoms with van der Waals surface area (Å²) >= 11 is 9.63. The van der Waals surface area contributed by atoms with Gasteiger partial charge in [-0.1, -0.05) is 11.6 Å². The Morgan fingerprint density at radius 3 is 2.73 bits per heavy atom. The van der Waals surface area contributed by atoms with E-state index in [9.17, 15) is 0 Å². The first kappa shape index (κ1) is 22.6. The summed E-state index contributed by atoms with van der Waals surface area (Å²) in [4.78, 5) is 8.84. The van der Waals surface area contributed by atoms with Crippen LogP contribution in [0.25, 0.3) is 10.9 Å². The molecule has 174 valence electrons. The number of benzene rings is 2. The van der Waals surface area contributed by atoms with Crippen LogP contribution in [0.15, 0.2) is 41.1 Å². The minimum atomic E-state index is -0.243. The molecule has 0 aliphatic carbocycles. The molecule has 0 bridgehead atoms. The predicted octanol–water partition coefficient (Wildman–Crippen LogP) is 4.61. The van der Waals surface area contributed by atoms with Gasteiger partial charge in [0.2, 0.25) is 0 Å². The topological polar surface area (TPSA) is 84.0 Å². The Labute approximate surface area is 204 Å². The molecular weight excluding hydrogens is 514 g/mol. The van der Waals surface area contributed by atoms with Gasteiger partial charge in [-0.3, -0.25) is 0 Å². The van der Waals surface area contributed by atoms with Crippen LogP contribution in [0.3, 0.4) is 0 Å². The van der Waals surface area contributed by atoms with E-state index in [1.165, 1.54) is 6.33 Å². The molecule has 0 amide bonds. The molecule has 0 saturated carbocycles. The molecule has 2 aromatic carbocycles. The molecule has 5 rings (SSSR count). The highest BCUT2D eigenvalue weighted by Crippen LogP contribution is 2.39. The fourth-order valence-electron chi connectivity index (χ4n) is 4.29. The van der Waals surface area contributed by atoms with Gasteiger partial charge >= 0.3 is 0 Å². The third kappa shape index (κ3) is 4.48. The zero-order chi connectivity index (χ0) is 22.9. The molecule has 2 unspecified atom stereocenters. The lowest BCUT2D eigenvalue weighted by atomic mass is 10.0. The molecule has 1 N–H and O–H groups in total. The number of nitrogens with zero attached hydrogens (tertiary/aromatic N) is 2. The number of hydrogen-bond donors (Lipinski definition) is 1. The van der Waals surface area contributed by atoms with Crippen LogP contribution in [-0.2, 0) is 14.2 Å². The van der Waals surface area contributed by atoms with E-state index in [1.54, 1.807) is 14.2 Å². The molecule has 2 fully saturated rings. The quantitative estimate of drug-likeness (QED) is 0.469. The summed E-state index contributed by atoms with van der Waals surface area (Å²) in [7, 11) is 3.29. The predicted molar refractivity (Wildman–Crippen MR) is 128 cm³/mol. The zero-order valence-electron chi connectivity index (χ0n) is 18.1. The van der Waals surface area contributed by atoms with E-state index in [0.29, 0.717) is 47.7 Å². The Bertz CT molecular complexity index is 1170. The summed E-state index contributed by atoms with van der Waals surface area (Å²) in [5, 5.41) is 4.69. The number of ether oxygens (including phenoxy) is 5. The minimum Gasteiger partial charge on any atom is -0.493 e. The molecule has 2 saturated heterocycles. The molecule has 1 aromatic heterocycles. The number of methoxy groups -OCH3 is 2. The van der Waals surface area contributed by atoms with Gasteiger partial charge in [-0.2, -0.15) is 0 Å². The Morgan fingerprint density at radius 1 is 1.09 bits per heavy atom. The van der Waals surface area contributed by atoms with Crippen molar-refractivity contribution in [2.75, 3.05) is 39.4 Å². The summed E-state index contributed by atoms with van der Waals surface area (Å²) in [6, 6.07) is 9.32. The Morgan fingerprint density at radius 2 is 1.94 bits per heavy atom. The van der Waals surface area contributed by atoms with Gasteiger partial charge in [0.25, 0.3) is 0 Å². The number of aromatic nitrogens is 2. The van der Waals surface area contributed by atoms with Crippen molar-refractivity contribution in [1.82, 2.24) is 9.97 Å². The van der Waals surface area contributed by atoms with Gasteiger partial charge in [0.05, 0.1) is 43.6 Å². The SMILES string of the molecule is COCC1COC2[C@H]1OC[C@H]2Oc1cc2ncnc(Nc3ccc(Br)c(Cl)c3)c2cc1OC. The van der Waals surface area contributed by atoms with Gasteiger partial charge in [-0.25, -0.2) is 9.97 Å². The van der Waals surface area contributed by atoms with Crippen molar-refractivity contribution in [3.8, 4) is 11.5 Å². The number of anilines is 2. The van der Waals surface area contributed by atoms with Gasteiger partial charge in [-0.15, -0.1) is 0 Å². The van der Waals surface area contributed by atoms with Crippen LogP contribution >= 0.6 is 27.5 Å². The van der Waals surface area contributed by atoms with Crippen LogP contribution in [0.2, 0.25) is 5.02 Å². The van der Waals surface area contributed by atoms with Crippen molar-refractivity contribution in [2.45, 2.75) is 18.3 Å². The Kier molecular flexibility index (Phi) is 6.58. The maximum absolute atomic E-state index is 6.31. The summed E-state index contributed by atoms with van der Waals surface area (Å²) < 4.78 is 30.0. The monoisotopic (exact) mass is 535 g/mol. The fraction of sp³-hybridized carbons (Fsp3) is 0.391. The molecule has 3 heterocycles. The highest BCUT2D eigenvalue weighted by Gasteiger charge is 2.49. The van der Waals surface area contributed by atoms with Crippen LogP contribution < -0.4 is 14.8 Å². The van der Waals surface area contributed by atoms with Crippen LogP contribution in [0.5, 0.6) is 11.5 Å². The fourth-order valence-corrected chi connectivity index (χ4v) is 4.72. The molecule has 3 aromatic rings. The minimum absolute atomic E-state index is 0.0303. The number of nitrogens with one attached hydrogen (secondary N) is 1. The summed E-state index contributed by atoms with van der Waals surface area (Å²) in [6.45, 7) is 1.64. The van der Waals surface area contributed by atoms with Crippen LogP contribution in [0, 0.1) is 5.92 Å². The molecule has 0 radical (unpaired) electrons. The van der Waals surface area contributed by atoms with Crippen molar-refractivity contribution in [1.29, 1.82) is 0 Å². The van der Waals surface area contributed by atoms with Crippen LogP contribution in [-0.4, -0.2) is 62.3 Å². The van der Waals surface area contributed by atoms with Crippen molar-refractivity contribution >= 4 is 49.9 Å². The second-order valence-electron chi connectivity index (χ2n) is 7.96. The van der Waals surface area contributed by atoms with Crippen molar-refractivity contribution in [3.63, 3.8) is 0 Å². The molecule has 2 aliphatic rings. The summed E-state index contributed by atoms with van der Waals surface area (Å²) in [6.07, 6.45) is 1.09. The number of rotatable bonds is 7. The summed E-state index contributed by atoms with van der Waals surface area (Å²) in [5.74, 6) is 1.99. The molecular formula is C23H23BrClN3O5. The average Bonchev–Trinajstić information content (AvgIpc) is 3.40. The van der Waals surface area contributed by atoms with Gasteiger partial charge in [0.1, 0.15) is 18.2 Å². The van der Waals surface area contributed by atoms with Crippen molar-refractivity contribution in [3.05, 3.63) is 46.2 Å². The first-order chi connectivity index (χ1) is 16.1. The second kappa shape index (κ2) is 9.60. The molecule has 2 aliphatic heterocycles. The van der Waals surface area contributed by atoms with E-state index in [2.05, 4.69) is 31.2 Å². The highest BCUT2D eigenvalue weighted by molar-refractivity contribution is 9.10. The number of halogens is 2. The first-order valence-electron chi connectivity index (χ1n) is 10.5. The van der Waals surface area contributed by atoms with Crippen molar-refractivity contribution in [2.24, 2.45) is 5.92 Å². The van der Waals surface area contributed by atoms with Gasteiger partial charge in [0, 0.05) is 34.6 Å². The summed E-state index contributed by atoms with van der Waals surface area (Å²) in [5.41, 5.74) is 1.52. The third-order valence-corrected chi connectivity index (χ3v) is 7.11. The average molecular weight is 537 g/mol. The Hall–Kier alpha value is -2.17.